The Morgan fingerprint density at radius 3 is 2.58 bits per heavy atom. The number of nitrogens with one attached hydrogen (secondary N) is 2. The maximum atomic E-state index is 14.5. The maximum Gasteiger partial charge on any atom is 0.291 e. The van der Waals surface area contributed by atoms with E-state index in [2.05, 4.69) is 20.6 Å². The van der Waals surface area contributed by atoms with Crippen LogP contribution in [0.4, 0.5) is 19.6 Å². The predicted octanol–water partition coefficient (Wildman–Crippen LogP) is 4.25. The van der Waals surface area contributed by atoms with Crippen LogP contribution in [0.25, 0.3) is 11.3 Å². The average Bonchev–Trinajstić information content (AvgIpc) is 3.44. The first-order chi connectivity index (χ1) is 17.2. The van der Waals surface area contributed by atoms with E-state index in [0.29, 0.717) is 10.8 Å². The van der Waals surface area contributed by atoms with Gasteiger partial charge in [0.25, 0.3) is 11.8 Å². The van der Waals surface area contributed by atoms with Gasteiger partial charge in [0.2, 0.25) is 5.82 Å². The molecular weight excluding hydrogens is 514 g/mol. The first-order valence-corrected chi connectivity index (χ1v) is 11.5. The summed E-state index contributed by atoms with van der Waals surface area (Å²) >= 11 is 7.52. The minimum atomic E-state index is -1.14. The monoisotopic (exact) mass is 532 g/mol. The number of anilines is 2. The number of rotatable bonds is 7. The van der Waals surface area contributed by atoms with E-state index in [1.807, 2.05) is 0 Å². The van der Waals surface area contributed by atoms with Gasteiger partial charge in [0, 0.05) is 29.4 Å². The van der Waals surface area contributed by atoms with Crippen LogP contribution in [0.5, 0.6) is 5.75 Å². The van der Waals surface area contributed by atoms with E-state index < -0.39 is 23.4 Å². The van der Waals surface area contributed by atoms with E-state index in [4.69, 9.17) is 22.1 Å². The number of hydrogen-bond donors (Lipinski definition) is 3. The molecule has 2 aromatic carbocycles. The number of halogens is 3. The second-order valence-electron chi connectivity index (χ2n) is 7.47. The highest BCUT2D eigenvalue weighted by atomic mass is 35.5. The molecule has 2 heterocycles. The van der Waals surface area contributed by atoms with Gasteiger partial charge in [-0.2, -0.15) is 4.39 Å². The van der Waals surface area contributed by atoms with E-state index in [0.717, 1.165) is 4.88 Å². The number of carbonyl (C=O) groups excluding carboxylic acids is 2. The zero-order chi connectivity index (χ0) is 26.0. The summed E-state index contributed by atoms with van der Waals surface area (Å²) in [6.07, 6.45) is 2.83. The lowest BCUT2D eigenvalue weighted by Crippen LogP contribution is -2.23. The molecule has 0 radical (unpaired) electrons. The lowest BCUT2D eigenvalue weighted by Gasteiger charge is -2.11. The summed E-state index contributed by atoms with van der Waals surface area (Å²) in [6.45, 7) is 0.239. The number of methoxy groups -OCH3 is 1. The zero-order valence-electron chi connectivity index (χ0n) is 18.9. The van der Waals surface area contributed by atoms with Gasteiger partial charge in [-0.15, -0.1) is 11.3 Å². The Morgan fingerprint density at radius 1 is 1.14 bits per heavy atom. The Balaban J connectivity index is 1.47. The fraction of sp³-hybridized carbons (Fsp3) is 0.130. The highest BCUT2D eigenvalue weighted by Gasteiger charge is 2.21. The molecule has 0 saturated heterocycles. The zero-order valence-corrected chi connectivity index (χ0v) is 20.5. The topological polar surface area (TPSA) is 124 Å². The summed E-state index contributed by atoms with van der Waals surface area (Å²) in [6, 6.07) is 7.01. The number of hydrogen-bond acceptors (Lipinski definition) is 7. The van der Waals surface area contributed by atoms with Crippen molar-refractivity contribution in [2.24, 2.45) is 7.05 Å². The Labute approximate surface area is 212 Å². The summed E-state index contributed by atoms with van der Waals surface area (Å²) in [5.74, 6) is -3.58. The fourth-order valence-electron chi connectivity index (χ4n) is 3.39. The van der Waals surface area contributed by atoms with Crippen molar-refractivity contribution in [2.45, 2.75) is 6.54 Å². The van der Waals surface area contributed by atoms with E-state index in [1.165, 1.54) is 66.6 Å². The molecule has 186 valence electrons. The van der Waals surface area contributed by atoms with Crippen molar-refractivity contribution < 1.29 is 23.1 Å². The molecule has 4 rings (SSSR count). The van der Waals surface area contributed by atoms with Crippen LogP contribution in [-0.4, -0.2) is 33.5 Å². The molecule has 0 aliphatic rings. The summed E-state index contributed by atoms with van der Waals surface area (Å²) < 4.78 is 34.8. The molecule has 2 amide bonds. The molecule has 13 heteroatoms. The van der Waals surface area contributed by atoms with Gasteiger partial charge >= 0.3 is 0 Å². The van der Waals surface area contributed by atoms with Crippen LogP contribution in [0.15, 0.2) is 42.7 Å². The standard InChI is InChI=1S/C23H19ClF2N6O3S/c1-32-16(14-5-6-17(35-2)19(26)18(14)25)10-28-20(32)22(34)31-11-3-4-13(15(24)7-11)21(33)29-8-12-9-30-23(27)36-12/h3-7,9-10H,8H2,1-2H3,(H2,27,30)(H,29,33)(H,31,34). The van der Waals surface area contributed by atoms with Gasteiger partial charge in [-0.25, -0.2) is 14.4 Å². The molecule has 2 aromatic heterocycles. The molecule has 36 heavy (non-hydrogen) atoms. The van der Waals surface area contributed by atoms with Crippen LogP contribution < -0.4 is 21.1 Å². The third-order valence-electron chi connectivity index (χ3n) is 5.20. The molecule has 9 nitrogen and oxygen atoms in total. The van der Waals surface area contributed by atoms with Crippen molar-refractivity contribution in [1.29, 1.82) is 0 Å². The molecule has 0 aliphatic carbocycles. The van der Waals surface area contributed by atoms with E-state index in [1.54, 1.807) is 6.20 Å². The Hall–Kier alpha value is -4.03. The first-order valence-electron chi connectivity index (χ1n) is 10.3. The minimum absolute atomic E-state index is 0.0533. The van der Waals surface area contributed by atoms with Crippen LogP contribution in [-0.2, 0) is 13.6 Å². The number of ether oxygens (including phenoxy) is 1. The number of imidazole rings is 1. The van der Waals surface area contributed by atoms with Crippen LogP contribution in [0.2, 0.25) is 5.02 Å². The fourth-order valence-corrected chi connectivity index (χ4v) is 4.28. The van der Waals surface area contributed by atoms with Crippen molar-refractivity contribution in [2.75, 3.05) is 18.2 Å². The second-order valence-corrected chi connectivity index (χ2v) is 9.02. The van der Waals surface area contributed by atoms with Crippen molar-refractivity contribution in [3.8, 4) is 17.0 Å². The molecule has 4 N–H and O–H groups in total. The first kappa shape index (κ1) is 25.1. The third kappa shape index (κ3) is 4.99. The van der Waals surface area contributed by atoms with E-state index in [-0.39, 0.29) is 40.0 Å². The number of aromatic nitrogens is 3. The van der Waals surface area contributed by atoms with Gasteiger partial charge in [0.05, 0.1) is 36.1 Å². The normalized spacial score (nSPS) is 10.8. The van der Waals surface area contributed by atoms with Gasteiger partial charge in [-0.3, -0.25) is 9.59 Å². The van der Waals surface area contributed by atoms with Gasteiger partial charge < -0.3 is 25.7 Å². The highest BCUT2D eigenvalue weighted by Crippen LogP contribution is 2.30. The molecule has 0 fully saturated rings. The highest BCUT2D eigenvalue weighted by molar-refractivity contribution is 7.15. The van der Waals surface area contributed by atoms with Gasteiger partial charge in [0.15, 0.2) is 22.5 Å². The van der Waals surface area contributed by atoms with Gasteiger partial charge in [-0.1, -0.05) is 11.6 Å². The van der Waals surface area contributed by atoms with Gasteiger partial charge in [0.1, 0.15) is 0 Å². The summed E-state index contributed by atoms with van der Waals surface area (Å²) in [5, 5.41) is 5.87. The minimum Gasteiger partial charge on any atom is -0.494 e. The molecule has 0 bridgehead atoms. The summed E-state index contributed by atoms with van der Waals surface area (Å²) in [7, 11) is 2.73. The number of thiazole rings is 1. The molecule has 0 spiro atoms. The molecule has 0 saturated carbocycles. The average molecular weight is 533 g/mol. The molecule has 4 aromatic rings. The molecule has 0 unspecified atom stereocenters. The van der Waals surface area contributed by atoms with E-state index in [9.17, 15) is 18.4 Å². The number of amides is 2. The maximum absolute atomic E-state index is 14.5. The quantitative estimate of drug-likeness (QED) is 0.327. The predicted molar refractivity (Wildman–Crippen MR) is 132 cm³/mol. The number of nitrogens with zero attached hydrogens (tertiary/aromatic N) is 3. The van der Waals surface area contributed by atoms with Crippen molar-refractivity contribution in [3.63, 3.8) is 0 Å². The van der Waals surface area contributed by atoms with Crippen LogP contribution in [0.3, 0.4) is 0 Å². The lowest BCUT2D eigenvalue weighted by atomic mass is 10.1. The number of carbonyl (C=O) groups is 2. The van der Waals surface area contributed by atoms with Crippen molar-refractivity contribution in [3.05, 3.63) is 75.6 Å². The molecular formula is C23H19ClF2N6O3S. The van der Waals surface area contributed by atoms with Crippen molar-refractivity contribution >= 4 is 45.6 Å². The SMILES string of the molecule is COc1ccc(-c2cnc(C(=O)Nc3ccc(C(=O)NCc4cnc(N)s4)c(Cl)c3)n2C)c(F)c1F. The summed E-state index contributed by atoms with van der Waals surface area (Å²) in [4.78, 5) is 34.0. The number of benzene rings is 2. The van der Waals surface area contributed by atoms with E-state index >= 15 is 0 Å². The van der Waals surface area contributed by atoms with Crippen LogP contribution in [0.1, 0.15) is 25.9 Å². The smallest absolute Gasteiger partial charge is 0.291 e. The Kier molecular flexibility index (Phi) is 7.17. The number of nitrogen functional groups attached to an aromatic ring is 1. The van der Waals surface area contributed by atoms with Crippen molar-refractivity contribution in [1.82, 2.24) is 19.9 Å². The largest absolute Gasteiger partial charge is 0.494 e. The number of nitrogens with two attached hydrogens (primary N) is 1. The lowest BCUT2D eigenvalue weighted by molar-refractivity contribution is 0.0950. The van der Waals surface area contributed by atoms with Crippen LogP contribution in [0, 0.1) is 11.6 Å². The third-order valence-corrected chi connectivity index (χ3v) is 6.34. The Bertz CT molecular complexity index is 1470. The van der Waals surface area contributed by atoms with Crippen LogP contribution >= 0.6 is 22.9 Å². The van der Waals surface area contributed by atoms with Gasteiger partial charge in [-0.05, 0) is 30.3 Å². The molecule has 0 atom stereocenters. The Morgan fingerprint density at radius 2 is 1.92 bits per heavy atom. The molecule has 0 aliphatic heterocycles. The second kappa shape index (κ2) is 10.3. The summed E-state index contributed by atoms with van der Waals surface area (Å²) in [5.41, 5.74) is 6.20.